The fourth-order valence-electron chi connectivity index (χ4n) is 4.24. The maximum atomic E-state index is 12.9. The Bertz CT molecular complexity index is 1430. The number of aryl methyl sites for hydroxylation is 3. The van der Waals surface area contributed by atoms with E-state index >= 15 is 0 Å². The van der Waals surface area contributed by atoms with Crippen molar-refractivity contribution in [2.75, 3.05) is 6.54 Å². The van der Waals surface area contributed by atoms with Gasteiger partial charge in [-0.1, -0.05) is 29.8 Å². The molecule has 5 aromatic rings. The number of benzene rings is 2. The van der Waals surface area contributed by atoms with Crippen LogP contribution in [0.25, 0.3) is 38.9 Å². The molecule has 0 saturated carbocycles. The molecule has 0 aliphatic carbocycles. The molecule has 152 valence electrons. The number of fused-ring (bicyclic) bond motifs is 2. The molecule has 0 saturated heterocycles. The SMILES string of the molecule is Cc1ccc2c(c1)c(-n1c(-c3cn(C)c4ccccc34)n[nH]c1=O)cn2CCCN. The predicted molar refractivity (Wildman–Crippen MR) is 120 cm³/mol. The van der Waals surface area contributed by atoms with Gasteiger partial charge in [0, 0.05) is 47.8 Å². The highest BCUT2D eigenvalue weighted by molar-refractivity contribution is 5.96. The molecule has 3 heterocycles. The van der Waals surface area contributed by atoms with Gasteiger partial charge in [0.15, 0.2) is 5.82 Å². The standard InChI is InChI=1S/C23H24N6O/c1-15-8-9-20-17(12-15)21(14-28(20)11-5-10-24)29-22(25-26-23(29)30)18-13-27(2)19-7-4-3-6-16(18)19/h3-4,6-9,12-14H,5,10-11,24H2,1-2H3,(H,26,30). The average Bonchev–Trinajstić information content (AvgIpc) is 3.40. The van der Waals surface area contributed by atoms with Gasteiger partial charge in [0.25, 0.3) is 0 Å². The monoisotopic (exact) mass is 400 g/mol. The van der Waals surface area contributed by atoms with Crippen LogP contribution in [0.4, 0.5) is 0 Å². The van der Waals surface area contributed by atoms with E-state index in [1.807, 2.05) is 31.6 Å². The summed E-state index contributed by atoms with van der Waals surface area (Å²) in [6, 6.07) is 14.5. The van der Waals surface area contributed by atoms with E-state index in [0.29, 0.717) is 12.4 Å². The zero-order valence-corrected chi connectivity index (χ0v) is 17.1. The van der Waals surface area contributed by atoms with Gasteiger partial charge in [-0.2, -0.15) is 5.10 Å². The molecular formula is C23H24N6O. The van der Waals surface area contributed by atoms with Gasteiger partial charge < -0.3 is 14.9 Å². The van der Waals surface area contributed by atoms with Crippen LogP contribution < -0.4 is 11.4 Å². The predicted octanol–water partition coefficient (Wildman–Crippen LogP) is 3.33. The number of H-pyrrole nitrogens is 1. The lowest BCUT2D eigenvalue weighted by Crippen LogP contribution is -2.15. The molecule has 5 rings (SSSR count). The molecule has 0 aliphatic rings. The van der Waals surface area contributed by atoms with Crippen LogP contribution in [0.1, 0.15) is 12.0 Å². The van der Waals surface area contributed by atoms with E-state index in [1.165, 1.54) is 0 Å². The molecule has 7 heteroatoms. The third-order valence-electron chi connectivity index (χ3n) is 5.67. The molecule has 7 nitrogen and oxygen atoms in total. The summed E-state index contributed by atoms with van der Waals surface area (Å²) < 4.78 is 5.91. The van der Waals surface area contributed by atoms with Crippen molar-refractivity contribution in [2.24, 2.45) is 12.8 Å². The van der Waals surface area contributed by atoms with Crippen LogP contribution in [0, 0.1) is 6.92 Å². The Balaban J connectivity index is 1.79. The van der Waals surface area contributed by atoms with Gasteiger partial charge >= 0.3 is 5.69 Å². The lowest BCUT2D eigenvalue weighted by Gasteiger charge is -2.04. The van der Waals surface area contributed by atoms with Crippen LogP contribution in [-0.2, 0) is 13.6 Å². The average molecular weight is 400 g/mol. The van der Waals surface area contributed by atoms with Crippen LogP contribution in [0.3, 0.4) is 0 Å². The Morgan fingerprint density at radius 1 is 1.07 bits per heavy atom. The summed E-state index contributed by atoms with van der Waals surface area (Å²) in [6.45, 7) is 3.48. The minimum Gasteiger partial charge on any atom is -0.350 e. The first-order chi connectivity index (χ1) is 14.6. The van der Waals surface area contributed by atoms with Crippen molar-refractivity contribution in [3.63, 3.8) is 0 Å². The van der Waals surface area contributed by atoms with Crippen molar-refractivity contribution in [3.8, 4) is 17.1 Å². The van der Waals surface area contributed by atoms with Crippen LogP contribution in [-0.4, -0.2) is 30.4 Å². The van der Waals surface area contributed by atoms with E-state index in [0.717, 1.165) is 51.6 Å². The zero-order chi connectivity index (χ0) is 20.8. The summed E-state index contributed by atoms with van der Waals surface area (Å²) in [5.41, 5.74) is 10.6. The molecule has 2 aromatic carbocycles. The first-order valence-corrected chi connectivity index (χ1v) is 10.1. The number of nitrogens with two attached hydrogens (primary N) is 1. The van der Waals surface area contributed by atoms with Crippen molar-refractivity contribution in [3.05, 3.63) is 70.9 Å². The Morgan fingerprint density at radius 3 is 2.73 bits per heavy atom. The minimum absolute atomic E-state index is 0.252. The quantitative estimate of drug-likeness (QED) is 0.474. The molecule has 0 radical (unpaired) electrons. The van der Waals surface area contributed by atoms with Gasteiger partial charge in [-0.25, -0.2) is 14.5 Å². The second-order valence-electron chi connectivity index (χ2n) is 7.73. The maximum Gasteiger partial charge on any atom is 0.348 e. The fourth-order valence-corrected chi connectivity index (χ4v) is 4.24. The Kier molecular flexibility index (Phi) is 4.33. The van der Waals surface area contributed by atoms with Crippen molar-refractivity contribution in [1.82, 2.24) is 23.9 Å². The molecule has 0 atom stereocenters. The molecule has 0 fully saturated rings. The van der Waals surface area contributed by atoms with Crippen LogP contribution in [0.5, 0.6) is 0 Å². The van der Waals surface area contributed by atoms with Crippen molar-refractivity contribution in [1.29, 1.82) is 0 Å². The Labute approximate surface area is 173 Å². The second kappa shape index (κ2) is 7.03. The van der Waals surface area contributed by atoms with Gasteiger partial charge in [0.05, 0.1) is 11.2 Å². The fraction of sp³-hybridized carbons (Fsp3) is 0.217. The van der Waals surface area contributed by atoms with Gasteiger partial charge in [0.1, 0.15) is 0 Å². The second-order valence-corrected chi connectivity index (χ2v) is 7.73. The summed E-state index contributed by atoms with van der Waals surface area (Å²) in [5.74, 6) is 0.608. The smallest absolute Gasteiger partial charge is 0.348 e. The number of aromatic nitrogens is 5. The first-order valence-electron chi connectivity index (χ1n) is 10.1. The number of hydrogen-bond donors (Lipinski definition) is 2. The Hall–Kier alpha value is -3.58. The highest BCUT2D eigenvalue weighted by Crippen LogP contribution is 2.32. The highest BCUT2D eigenvalue weighted by Gasteiger charge is 2.20. The van der Waals surface area contributed by atoms with E-state index in [9.17, 15) is 4.79 Å². The zero-order valence-electron chi connectivity index (χ0n) is 17.1. The lowest BCUT2D eigenvalue weighted by atomic mass is 10.1. The maximum absolute atomic E-state index is 12.9. The summed E-state index contributed by atoms with van der Waals surface area (Å²) in [7, 11) is 2.00. The van der Waals surface area contributed by atoms with Gasteiger partial charge in [0.2, 0.25) is 0 Å². The molecule has 0 spiro atoms. The van der Waals surface area contributed by atoms with Gasteiger partial charge in [-0.05, 0) is 38.1 Å². The number of nitrogens with one attached hydrogen (secondary N) is 1. The van der Waals surface area contributed by atoms with Crippen molar-refractivity contribution in [2.45, 2.75) is 19.9 Å². The number of hydrogen-bond acceptors (Lipinski definition) is 3. The first kappa shape index (κ1) is 18.4. The molecule has 0 bridgehead atoms. The minimum atomic E-state index is -0.252. The molecule has 0 unspecified atom stereocenters. The highest BCUT2D eigenvalue weighted by atomic mass is 16.1. The van der Waals surface area contributed by atoms with Crippen LogP contribution in [0.2, 0.25) is 0 Å². The number of para-hydroxylation sites is 1. The molecular weight excluding hydrogens is 376 g/mol. The third kappa shape index (κ3) is 2.78. The summed E-state index contributed by atoms with van der Waals surface area (Å²) >= 11 is 0. The number of aromatic amines is 1. The lowest BCUT2D eigenvalue weighted by molar-refractivity contribution is 0.669. The van der Waals surface area contributed by atoms with Crippen LogP contribution in [0.15, 0.2) is 59.7 Å². The number of rotatable bonds is 5. The summed E-state index contributed by atoms with van der Waals surface area (Å²) in [4.78, 5) is 12.9. The van der Waals surface area contributed by atoms with Crippen molar-refractivity contribution >= 4 is 21.8 Å². The topological polar surface area (TPSA) is 86.6 Å². The third-order valence-corrected chi connectivity index (χ3v) is 5.67. The van der Waals surface area contributed by atoms with Gasteiger partial charge in [-0.3, -0.25) is 0 Å². The van der Waals surface area contributed by atoms with E-state index in [1.54, 1.807) is 4.57 Å². The van der Waals surface area contributed by atoms with E-state index in [-0.39, 0.29) is 5.69 Å². The summed E-state index contributed by atoms with van der Waals surface area (Å²) in [5, 5.41) is 9.15. The Morgan fingerprint density at radius 2 is 1.90 bits per heavy atom. The molecule has 3 N–H and O–H groups in total. The summed E-state index contributed by atoms with van der Waals surface area (Å²) in [6.07, 6.45) is 4.93. The molecule has 30 heavy (non-hydrogen) atoms. The van der Waals surface area contributed by atoms with Gasteiger partial charge in [-0.15, -0.1) is 0 Å². The normalized spacial score (nSPS) is 11.7. The largest absolute Gasteiger partial charge is 0.350 e. The van der Waals surface area contributed by atoms with Crippen LogP contribution >= 0.6 is 0 Å². The van der Waals surface area contributed by atoms with E-state index in [2.05, 4.69) is 56.6 Å². The molecule has 3 aromatic heterocycles. The van der Waals surface area contributed by atoms with E-state index < -0.39 is 0 Å². The van der Waals surface area contributed by atoms with E-state index in [4.69, 9.17) is 5.73 Å². The molecule has 0 amide bonds. The number of nitrogens with zero attached hydrogens (tertiary/aromatic N) is 4. The molecule has 0 aliphatic heterocycles. The van der Waals surface area contributed by atoms with Crippen molar-refractivity contribution < 1.29 is 0 Å².